The molecule has 0 unspecified atom stereocenters. The lowest BCUT2D eigenvalue weighted by atomic mass is 9.79. The highest BCUT2D eigenvalue weighted by Gasteiger charge is 2.63. The van der Waals surface area contributed by atoms with Crippen LogP contribution in [0.3, 0.4) is 0 Å². The molecular formula is C25H30N2O5. The number of methoxy groups -OCH3 is 2. The summed E-state index contributed by atoms with van der Waals surface area (Å²) in [6.07, 6.45) is 0.415. The molecule has 0 aliphatic carbocycles. The Balaban J connectivity index is 2.16. The van der Waals surface area contributed by atoms with Gasteiger partial charge in [0.15, 0.2) is 5.54 Å². The average Bonchev–Trinajstić information content (AvgIpc) is 3.14. The Bertz CT molecular complexity index is 963. The Morgan fingerprint density at radius 2 is 1.53 bits per heavy atom. The maximum Gasteiger partial charge on any atom is 0.333 e. The number of amides is 1. The lowest BCUT2D eigenvalue weighted by molar-refractivity contribution is -0.151. The zero-order valence-electron chi connectivity index (χ0n) is 18.9. The number of esters is 2. The van der Waals surface area contributed by atoms with Gasteiger partial charge >= 0.3 is 11.9 Å². The van der Waals surface area contributed by atoms with E-state index in [1.807, 2.05) is 50.2 Å². The lowest BCUT2D eigenvalue weighted by Gasteiger charge is -2.33. The van der Waals surface area contributed by atoms with Gasteiger partial charge in [-0.25, -0.2) is 4.79 Å². The van der Waals surface area contributed by atoms with E-state index in [0.29, 0.717) is 12.0 Å². The Kier molecular flexibility index (Phi) is 6.99. The molecule has 1 fully saturated rings. The molecular weight excluding hydrogens is 408 g/mol. The summed E-state index contributed by atoms with van der Waals surface area (Å²) < 4.78 is 10.3. The molecule has 2 aromatic carbocycles. The summed E-state index contributed by atoms with van der Waals surface area (Å²) in [5.41, 5.74) is -1.55. The standard InChI is InChI=1S/C25H30N2O5/c1-17(2)15-24(22(29)31-3)16-25(23(30)32-4,20(26-24)18-11-7-5-8-12-18)27-21(28)19-13-9-6-10-14-19/h5-14,17,20,26H,15-16H2,1-4H3,(H,27,28)/t20-,24-,25-/m0/s1. The molecule has 0 aromatic heterocycles. The summed E-state index contributed by atoms with van der Waals surface area (Å²) in [6, 6.07) is 17.2. The minimum absolute atomic E-state index is 0.00430. The van der Waals surface area contributed by atoms with Crippen LogP contribution >= 0.6 is 0 Å². The fraction of sp³-hybridized carbons (Fsp3) is 0.400. The van der Waals surface area contributed by atoms with Crippen molar-refractivity contribution < 1.29 is 23.9 Å². The van der Waals surface area contributed by atoms with Gasteiger partial charge in [0.2, 0.25) is 0 Å². The van der Waals surface area contributed by atoms with E-state index in [1.165, 1.54) is 14.2 Å². The summed E-state index contributed by atoms with van der Waals surface area (Å²) in [6.45, 7) is 3.98. The van der Waals surface area contributed by atoms with Crippen LogP contribution in [0.4, 0.5) is 0 Å². The molecule has 1 aliphatic heterocycles. The van der Waals surface area contributed by atoms with E-state index in [0.717, 1.165) is 5.56 Å². The zero-order chi connectivity index (χ0) is 23.4. The zero-order valence-corrected chi connectivity index (χ0v) is 18.9. The van der Waals surface area contributed by atoms with Gasteiger partial charge in [0.25, 0.3) is 5.91 Å². The van der Waals surface area contributed by atoms with Crippen LogP contribution in [-0.2, 0) is 19.1 Å². The highest BCUT2D eigenvalue weighted by molar-refractivity contribution is 5.99. The first kappa shape index (κ1) is 23.5. The molecule has 0 radical (unpaired) electrons. The van der Waals surface area contributed by atoms with Gasteiger partial charge < -0.3 is 14.8 Å². The summed E-state index contributed by atoms with van der Waals surface area (Å²) in [7, 11) is 2.60. The molecule has 1 heterocycles. The topological polar surface area (TPSA) is 93.7 Å². The molecule has 0 bridgehead atoms. The Morgan fingerprint density at radius 3 is 2.06 bits per heavy atom. The van der Waals surface area contributed by atoms with Gasteiger partial charge in [0, 0.05) is 12.0 Å². The molecule has 2 aromatic rings. The first-order chi connectivity index (χ1) is 15.3. The van der Waals surface area contributed by atoms with Crippen molar-refractivity contribution in [2.75, 3.05) is 14.2 Å². The number of rotatable bonds is 7. The number of carbonyl (C=O) groups excluding carboxylic acids is 3. The average molecular weight is 439 g/mol. The van der Waals surface area contributed by atoms with Gasteiger partial charge in [-0.3, -0.25) is 14.9 Å². The SMILES string of the molecule is COC(=O)[C@]1(CC(C)C)C[C@@](NC(=O)c2ccccc2)(C(=O)OC)[C@H](c2ccccc2)N1. The molecule has 1 amide bonds. The van der Waals surface area contributed by atoms with E-state index in [-0.39, 0.29) is 12.3 Å². The minimum atomic E-state index is -1.52. The van der Waals surface area contributed by atoms with Crippen LogP contribution in [0.25, 0.3) is 0 Å². The third-order valence-corrected chi connectivity index (χ3v) is 5.88. The highest BCUT2D eigenvalue weighted by Crippen LogP contribution is 2.45. The smallest absolute Gasteiger partial charge is 0.333 e. The number of hydrogen-bond acceptors (Lipinski definition) is 6. The van der Waals surface area contributed by atoms with E-state index < -0.39 is 35.0 Å². The van der Waals surface area contributed by atoms with Gasteiger partial charge in [-0.2, -0.15) is 0 Å². The highest BCUT2D eigenvalue weighted by atomic mass is 16.5. The first-order valence-electron chi connectivity index (χ1n) is 10.6. The van der Waals surface area contributed by atoms with Crippen molar-refractivity contribution in [1.29, 1.82) is 0 Å². The molecule has 0 saturated carbocycles. The summed E-state index contributed by atoms with van der Waals surface area (Å²) >= 11 is 0. The third-order valence-electron chi connectivity index (χ3n) is 5.88. The predicted octanol–water partition coefficient (Wildman–Crippen LogP) is 3.02. The number of ether oxygens (including phenoxy) is 2. The van der Waals surface area contributed by atoms with Crippen molar-refractivity contribution in [3.05, 3.63) is 71.8 Å². The lowest BCUT2D eigenvalue weighted by Crippen LogP contribution is -2.58. The summed E-state index contributed by atoms with van der Waals surface area (Å²) in [5.74, 6) is -1.41. The molecule has 170 valence electrons. The van der Waals surface area contributed by atoms with E-state index >= 15 is 0 Å². The Morgan fingerprint density at radius 1 is 0.969 bits per heavy atom. The van der Waals surface area contributed by atoms with Crippen LogP contribution in [-0.4, -0.2) is 43.1 Å². The van der Waals surface area contributed by atoms with Crippen molar-refractivity contribution in [1.82, 2.24) is 10.6 Å². The second-order valence-electron chi connectivity index (χ2n) is 8.62. The van der Waals surface area contributed by atoms with Crippen LogP contribution in [0.1, 0.15) is 48.7 Å². The number of benzene rings is 2. The van der Waals surface area contributed by atoms with Gasteiger partial charge in [0.1, 0.15) is 5.54 Å². The summed E-state index contributed by atoms with van der Waals surface area (Å²) in [4.78, 5) is 39.6. The molecule has 7 heteroatoms. The normalized spacial score (nSPS) is 24.7. The second-order valence-corrected chi connectivity index (χ2v) is 8.62. The third kappa shape index (κ3) is 4.39. The second kappa shape index (κ2) is 9.53. The molecule has 1 aliphatic rings. The van der Waals surface area contributed by atoms with Crippen molar-refractivity contribution >= 4 is 17.8 Å². The maximum absolute atomic E-state index is 13.3. The van der Waals surface area contributed by atoms with Gasteiger partial charge in [-0.05, 0) is 30.0 Å². The van der Waals surface area contributed by atoms with Crippen molar-refractivity contribution in [3.8, 4) is 0 Å². The molecule has 0 spiro atoms. The molecule has 32 heavy (non-hydrogen) atoms. The van der Waals surface area contributed by atoms with E-state index in [9.17, 15) is 14.4 Å². The van der Waals surface area contributed by atoms with Crippen LogP contribution in [0.5, 0.6) is 0 Å². The quantitative estimate of drug-likeness (QED) is 0.646. The van der Waals surface area contributed by atoms with Crippen molar-refractivity contribution in [3.63, 3.8) is 0 Å². The fourth-order valence-electron chi connectivity index (χ4n) is 4.68. The fourth-order valence-corrected chi connectivity index (χ4v) is 4.68. The Labute approximate surface area is 188 Å². The maximum atomic E-state index is 13.3. The van der Waals surface area contributed by atoms with E-state index in [1.54, 1.807) is 24.3 Å². The van der Waals surface area contributed by atoms with Crippen molar-refractivity contribution in [2.45, 2.75) is 43.8 Å². The van der Waals surface area contributed by atoms with Crippen LogP contribution in [0.2, 0.25) is 0 Å². The predicted molar refractivity (Wildman–Crippen MR) is 120 cm³/mol. The first-order valence-corrected chi connectivity index (χ1v) is 10.6. The largest absolute Gasteiger partial charge is 0.468 e. The van der Waals surface area contributed by atoms with E-state index in [4.69, 9.17) is 9.47 Å². The van der Waals surface area contributed by atoms with Crippen molar-refractivity contribution in [2.24, 2.45) is 5.92 Å². The molecule has 3 atom stereocenters. The molecule has 1 saturated heterocycles. The van der Waals surface area contributed by atoms with Gasteiger partial charge in [0.05, 0.1) is 20.3 Å². The molecule has 7 nitrogen and oxygen atoms in total. The van der Waals surface area contributed by atoms with Crippen LogP contribution in [0, 0.1) is 5.92 Å². The van der Waals surface area contributed by atoms with Gasteiger partial charge in [-0.15, -0.1) is 0 Å². The van der Waals surface area contributed by atoms with Gasteiger partial charge in [-0.1, -0.05) is 62.4 Å². The van der Waals surface area contributed by atoms with Crippen LogP contribution < -0.4 is 10.6 Å². The van der Waals surface area contributed by atoms with E-state index in [2.05, 4.69) is 10.6 Å². The monoisotopic (exact) mass is 438 g/mol. The molecule has 3 rings (SSSR count). The van der Waals surface area contributed by atoms with Crippen LogP contribution in [0.15, 0.2) is 60.7 Å². The molecule has 2 N–H and O–H groups in total. The Hall–Kier alpha value is -3.19. The number of carbonyl (C=O) groups is 3. The minimum Gasteiger partial charge on any atom is -0.468 e. The summed E-state index contributed by atoms with van der Waals surface area (Å²) in [5, 5.41) is 6.31. The number of hydrogen-bond donors (Lipinski definition) is 2. The number of nitrogens with one attached hydrogen (secondary N) is 2.